The highest BCUT2D eigenvalue weighted by Crippen LogP contribution is 2.39. The molecule has 0 aliphatic heterocycles. The normalized spacial score (nSPS) is 23.2. The van der Waals surface area contributed by atoms with Crippen molar-refractivity contribution >= 4 is 27.7 Å². The van der Waals surface area contributed by atoms with Crippen LogP contribution in [0.2, 0.25) is 0 Å². The van der Waals surface area contributed by atoms with Crippen LogP contribution in [-0.2, 0) is 9.59 Å². The second-order valence-corrected chi connectivity index (χ2v) is 5.58. The van der Waals surface area contributed by atoms with E-state index in [1.165, 1.54) is 0 Å². The molecule has 0 heterocycles. The van der Waals surface area contributed by atoms with Gasteiger partial charge in [0.25, 0.3) is 0 Å². The molecular weight excluding hydrogens is 312 g/mol. The molecule has 1 N–H and O–H groups in total. The number of aliphatic carboxylic acids is 1. The molecule has 2 unspecified atom stereocenters. The number of halogens is 1. The van der Waals surface area contributed by atoms with Crippen molar-refractivity contribution in [3.63, 3.8) is 0 Å². The third kappa shape index (κ3) is 2.97. The number of carbonyl (C=O) groups is 2. The number of benzene rings is 1. The molecule has 1 saturated carbocycles. The highest BCUT2D eigenvalue weighted by molar-refractivity contribution is 9.10. The zero-order chi connectivity index (χ0) is 14.0. The lowest BCUT2D eigenvalue weighted by atomic mass is 9.75. The molecule has 19 heavy (non-hydrogen) atoms. The van der Waals surface area contributed by atoms with Gasteiger partial charge < -0.3 is 9.84 Å². The van der Waals surface area contributed by atoms with E-state index < -0.39 is 11.9 Å². The molecule has 5 heteroatoms. The molecule has 0 bridgehead atoms. The van der Waals surface area contributed by atoms with E-state index in [1.807, 2.05) is 12.1 Å². The van der Waals surface area contributed by atoms with Crippen molar-refractivity contribution in [2.75, 3.05) is 7.11 Å². The summed E-state index contributed by atoms with van der Waals surface area (Å²) >= 11 is 3.39. The van der Waals surface area contributed by atoms with Crippen LogP contribution in [0.15, 0.2) is 22.7 Å². The topological polar surface area (TPSA) is 63.6 Å². The van der Waals surface area contributed by atoms with Gasteiger partial charge in [-0.25, -0.2) is 0 Å². The van der Waals surface area contributed by atoms with Crippen molar-refractivity contribution in [2.45, 2.75) is 25.2 Å². The first-order chi connectivity index (χ1) is 9.02. The van der Waals surface area contributed by atoms with Gasteiger partial charge in [-0.2, -0.15) is 0 Å². The van der Waals surface area contributed by atoms with Crippen LogP contribution in [0.25, 0.3) is 0 Å². The lowest BCUT2D eigenvalue weighted by Gasteiger charge is -2.28. The van der Waals surface area contributed by atoms with Gasteiger partial charge in [0.1, 0.15) is 11.5 Å². The second-order valence-electron chi connectivity index (χ2n) is 4.73. The third-order valence-corrected chi connectivity index (χ3v) is 4.21. The average molecular weight is 327 g/mol. The van der Waals surface area contributed by atoms with Crippen molar-refractivity contribution in [2.24, 2.45) is 5.92 Å². The molecule has 0 spiro atoms. The Morgan fingerprint density at radius 1 is 1.47 bits per heavy atom. The summed E-state index contributed by atoms with van der Waals surface area (Å²) < 4.78 is 5.93. The number of carboxylic acids is 1. The molecule has 0 amide bonds. The fourth-order valence-electron chi connectivity index (χ4n) is 2.57. The molecule has 1 aliphatic rings. The van der Waals surface area contributed by atoms with E-state index in [0.29, 0.717) is 25.0 Å². The van der Waals surface area contributed by atoms with Crippen LogP contribution in [-0.4, -0.2) is 24.0 Å². The third-order valence-electron chi connectivity index (χ3n) is 3.59. The molecule has 1 fully saturated rings. The lowest BCUT2D eigenvalue weighted by Crippen LogP contribution is -2.29. The Bertz CT molecular complexity index is 512. The molecule has 4 nitrogen and oxygen atoms in total. The van der Waals surface area contributed by atoms with Crippen LogP contribution in [0.3, 0.4) is 0 Å². The summed E-state index contributed by atoms with van der Waals surface area (Å²) in [5, 5.41) is 9.28. The maximum absolute atomic E-state index is 11.6. The van der Waals surface area contributed by atoms with Crippen molar-refractivity contribution in [3.8, 4) is 5.75 Å². The smallest absolute Gasteiger partial charge is 0.307 e. The number of carboxylic acid groups (broad SMARTS) is 1. The van der Waals surface area contributed by atoms with Crippen molar-refractivity contribution in [1.29, 1.82) is 0 Å². The highest BCUT2D eigenvalue weighted by atomic mass is 79.9. The summed E-state index contributed by atoms with van der Waals surface area (Å²) in [6.45, 7) is 0. The first-order valence-electron chi connectivity index (χ1n) is 6.11. The summed E-state index contributed by atoms with van der Waals surface area (Å²) in [5.41, 5.74) is 0.869. The van der Waals surface area contributed by atoms with E-state index in [4.69, 9.17) is 4.74 Å². The monoisotopic (exact) mass is 326 g/mol. The van der Waals surface area contributed by atoms with Gasteiger partial charge in [0, 0.05) is 18.8 Å². The minimum Gasteiger partial charge on any atom is -0.496 e. The number of hydrogen-bond donors (Lipinski definition) is 1. The standard InChI is InChI=1S/C14H15BrO4/c1-19-13-5-2-8(6-12(13)15)11-7-9(16)3-4-10(11)14(17)18/h2,5-6,10-11H,3-4,7H2,1H3,(H,17,18). The fourth-order valence-corrected chi connectivity index (χ4v) is 3.12. The zero-order valence-electron chi connectivity index (χ0n) is 10.6. The number of methoxy groups -OCH3 is 1. The summed E-state index contributed by atoms with van der Waals surface area (Å²) in [4.78, 5) is 22.9. The Labute approximate surface area is 119 Å². The number of rotatable bonds is 3. The van der Waals surface area contributed by atoms with Crippen LogP contribution >= 0.6 is 15.9 Å². The maximum Gasteiger partial charge on any atom is 0.307 e. The van der Waals surface area contributed by atoms with E-state index in [0.717, 1.165) is 10.0 Å². The molecule has 0 aromatic heterocycles. The molecule has 0 saturated heterocycles. The van der Waals surface area contributed by atoms with Gasteiger partial charge >= 0.3 is 5.97 Å². The SMILES string of the molecule is COc1ccc(C2CC(=O)CCC2C(=O)O)cc1Br. The van der Waals surface area contributed by atoms with Gasteiger partial charge in [-0.3, -0.25) is 9.59 Å². The number of ether oxygens (including phenoxy) is 1. The summed E-state index contributed by atoms with van der Waals surface area (Å²) in [5.74, 6) is -0.740. The molecule has 0 radical (unpaired) electrons. The van der Waals surface area contributed by atoms with E-state index >= 15 is 0 Å². The Morgan fingerprint density at radius 3 is 2.79 bits per heavy atom. The van der Waals surface area contributed by atoms with Gasteiger partial charge in [0.05, 0.1) is 17.5 Å². The number of hydrogen-bond acceptors (Lipinski definition) is 3. The molecule has 2 rings (SSSR count). The molecule has 1 aromatic carbocycles. The van der Waals surface area contributed by atoms with Gasteiger partial charge in [-0.05, 0) is 40.0 Å². The second kappa shape index (κ2) is 5.74. The molecule has 1 aromatic rings. The first kappa shape index (κ1) is 14.1. The predicted molar refractivity (Wildman–Crippen MR) is 73.4 cm³/mol. The lowest BCUT2D eigenvalue weighted by molar-refractivity contribution is -0.144. The van der Waals surface area contributed by atoms with Gasteiger partial charge in [-0.15, -0.1) is 0 Å². The van der Waals surface area contributed by atoms with Crippen molar-refractivity contribution < 1.29 is 19.4 Å². The van der Waals surface area contributed by atoms with Crippen LogP contribution < -0.4 is 4.74 Å². The van der Waals surface area contributed by atoms with Crippen LogP contribution in [0, 0.1) is 5.92 Å². The van der Waals surface area contributed by atoms with Gasteiger partial charge in [0.2, 0.25) is 0 Å². The van der Waals surface area contributed by atoms with E-state index in [9.17, 15) is 14.7 Å². The highest BCUT2D eigenvalue weighted by Gasteiger charge is 2.35. The molecule has 2 atom stereocenters. The number of Topliss-reactive ketones (excluding diaryl/α,β-unsaturated/α-hetero) is 1. The quantitative estimate of drug-likeness (QED) is 0.927. The van der Waals surface area contributed by atoms with E-state index in [1.54, 1.807) is 13.2 Å². The zero-order valence-corrected chi connectivity index (χ0v) is 12.1. The van der Waals surface area contributed by atoms with Crippen LogP contribution in [0.5, 0.6) is 5.75 Å². The first-order valence-corrected chi connectivity index (χ1v) is 6.90. The van der Waals surface area contributed by atoms with E-state index in [-0.39, 0.29) is 11.7 Å². The summed E-state index contributed by atoms with van der Waals surface area (Å²) in [6, 6.07) is 5.47. The fraction of sp³-hybridized carbons (Fsp3) is 0.429. The Balaban J connectivity index is 2.33. The molecule has 102 valence electrons. The Morgan fingerprint density at radius 2 is 2.21 bits per heavy atom. The largest absolute Gasteiger partial charge is 0.496 e. The minimum atomic E-state index is -0.829. The predicted octanol–water partition coefficient (Wildman–Crippen LogP) is 3.00. The van der Waals surface area contributed by atoms with Crippen LogP contribution in [0.4, 0.5) is 0 Å². The maximum atomic E-state index is 11.6. The van der Waals surface area contributed by atoms with E-state index in [2.05, 4.69) is 15.9 Å². The molecular formula is C14H15BrO4. The van der Waals surface area contributed by atoms with Gasteiger partial charge in [-0.1, -0.05) is 6.07 Å². The summed E-state index contributed by atoms with van der Waals surface area (Å²) in [7, 11) is 1.57. The average Bonchev–Trinajstić information content (AvgIpc) is 2.38. The Hall–Kier alpha value is -1.36. The van der Waals surface area contributed by atoms with Crippen LogP contribution in [0.1, 0.15) is 30.7 Å². The molecule has 1 aliphatic carbocycles. The number of carbonyl (C=O) groups excluding carboxylic acids is 1. The van der Waals surface area contributed by atoms with Crippen molar-refractivity contribution in [3.05, 3.63) is 28.2 Å². The van der Waals surface area contributed by atoms with Gasteiger partial charge in [0.15, 0.2) is 0 Å². The summed E-state index contributed by atoms with van der Waals surface area (Å²) in [6.07, 6.45) is 1.09. The number of ketones is 1. The van der Waals surface area contributed by atoms with Crippen molar-refractivity contribution in [1.82, 2.24) is 0 Å². The minimum absolute atomic E-state index is 0.134. The Kier molecular flexibility index (Phi) is 4.24.